The lowest BCUT2D eigenvalue weighted by atomic mass is 10.0. The van der Waals surface area contributed by atoms with Gasteiger partial charge in [-0.2, -0.15) is 11.3 Å². The fraction of sp³-hybridized carbons (Fsp3) is 0.250. The average Bonchev–Trinajstić information content (AvgIpc) is 3.00. The Hall–Kier alpha value is -2.14. The SMILES string of the molecule is CC(C(=O)NCCc1cccc(C(=O)O)c1)c1ccsc1. The molecule has 0 aliphatic heterocycles. The van der Waals surface area contributed by atoms with Crippen molar-refractivity contribution in [2.75, 3.05) is 6.54 Å². The van der Waals surface area contributed by atoms with Crippen LogP contribution in [0.3, 0.4) is 0 Å². The first kappa shape index (κ1) is 15.3. The van der Waals surface area contributed by atoms with Gasteiger partial charge in [-0.05, 0) is 53.4 Å². The number of rotatable bonds is 6. The van der Waals surface area contributed by atoms with Crippen LogP contribution in [0.4, 0.5) is 0 Å². The number of carboxylic acids is 1. The lowest BCUT2D eigenvalue weighted by Gasteiger charge is -2.11. The molecule has 0 radical (unpaired) electrons. The van der Waals surface area contributed by atoms with Gasteiger partial charge < -0.3 is 10.4 Å². The van der Waals surface area contributed by atoms with Gasteiger partial charge >= 0.3 is 5.97 Å². The van der Waals surface area contributed by atoms with Crippen molar-refractivity contribution in [3.05, 3.63) is 57.8 Å². The summed E-state index contributed by atoms with van der Waals surface area (Å²) in [6.07, 6.45) is 0.614. The van der Waals surface area contributed by atoms with Crippen LogP contribution >= 0.6 is 11.3 Å². The van der Waals surface area contributed by atoms with Crippen molar-refractivity contribution in [2.24, 2.45) is 0 Å². The second-order valence-electron chi connectivity index (χ2n) is 4.82. The molecule has 0 aliphatic rings. The molecule has 1 atom stereocenters. The van der Waals surface area contributed by atoms with Gasteiger partial charge in [-0.25, -0.2) is 4.79 Å². The number of benzene rings is 1. The number of thiophene rings is 1. The molecule has 1 aromatic carbocycles. The molecule has 0 bridgehead atoms. The fourth-order valence-electron chi connectivity index (χ4n) is 2.02. The summed E-state index contributed by atoms with van der Waals surface area (Å²) in [5.41, 5.74) is 2.19. The van der Waals surface area contributed by atoms with Gasteiger partial charge in [0.1, 0.15) is 0 Å². The fourth-order valence-corrected chi connectivity index (χ4v) is 2.77. The summed E-state index contributed by atoms with van der Waals surface area (Å²) in [6.45, 7) is 2.37. The predicted molar refractivity (Wildman–Crippen MR) is 82.8 cm³/mol. The maximum absolute atomic E-state index is 12.0. The van der Waals surface area contributed by atoms with E-state index in [2.05, 4.69) is 5.32 Å². The van der Waals surface area contributed by atoms with Crippen LogP contribution in [0.2, 0.25) is 0 Å². The Kier molecular flexibility index (Phi) is 5.11. The minimum absolute atomic E-state index is 0.0113. The maximum Gasteiger partial charge on any atom is 0.335 e. The van der Waals surface area contributed by atoms with E-state index < -0.39 is 5.97 Å². The number of nitrogens with one attached hydrogen (secondary N) is 1. The van der Waals surface area contributed by atoms with Crippen LogP contribution in [-0.2, 0) is 11.2 Å². The summed E-state index contributed by atoms with van der Waals surface area (Å²) in [4.78, 5) is 22.9. The predicted octanol–water partition coefficient (Wildman–Crippen LogP) is 2.91. The smallest absolute Gasteiger partial charge is 0.335 e. The zero-order valence-electron chi connectivity index (χ0n) is 11.7. The Bertz CT molecular complexity index is 622. The van der Waals surface area contributed by atoms with Gasteiger partial charge in [-0.1, -0.05) is 12.1 Å². The Morgan fingerprint density at radius 3 is 2.81 bits per heavy atom. The van der Waals surface area contributed by atoms with E-state index in [-0.39, 0.29) is 17.4 Å². The monoisotopic (exact) mass is 303 g/mol. The standard InChI is InChI=1S/C16H17NO3S/c1-11(14-6-8-21-10-14)15(18)17-7-5-12-3-2-4-13(9-12)16(19)20/h2-4,6,8-11H,5,7H2,1H3,(H,17,18)(H,19,20). The molecule has 1 amide bonds. The molecule has 110 valence electrons. The first-order chi connectivity index (χ1) is 10.1. The normalized spacial score (nSPS) is 11.9. The summed E-state index contributed by atoms with van der Waals surface area (Å²) >= 11 is 1.57. The van der Waals surface area contributed by atoms with E-state index in [0.29, 0.717) is 13.0 Å². The number of carboxylic acid groups (broad SMARTS) is 1. The second-order valence-corrected chi connectivity index (χ2v) is 5.60. The van der Waals surface area contributed by atoms with Crippen LogP contribution in [0.5, 0.6) is 0 Å². The van der Waals surface area contributed by atoms with E-state index in [1.165, 1.54) is 0 Å². The minimum Gasteiger partial charge on any atom is -0.478 e. The molecule has 2 aromatic rings. The summed E-state index contributed by atoms with van der Waals surface area (Å²) in [7, 11) is 0. The molecule has 1 heterocycles. The highest BCUT2D eigenvalue weighted by molar-refractivity contribution is 7.08. The highest BCUT2D eigenvalue weighted by atomic mass is 32.1. The summed E-state index contributed by atoms with van der Waals surface area (Å²) < 4.78 is 0. The van der Waals surface area contributed by atoms with Gasteiger partial charge in [0.2, 0.25) is 5.91 Å². The number of carbonyl (C=O) groups is 2. The summed E-state index contributed by atoms with van der Waals surface area (Å²) in [5, 5.41) is 15.7. The Labute approximate surface area is 127 Å². The molecule has 0 fully saturated rings. The Morgan fingerprint density at radius 2 is 2.14 bits per heavy atom. The van der Waals surface area contributed by atoms with Crippen molar-refractivity contribution in [1.29, 1.82) is 0 Å². The van der Waals surface area contributed by atoms with E-state index in [1.54, 1.807) is 29.5 Å². The molecule has 0 saturated heterocycles. The van der Waals surface area contributed by atoms with Crippen LogP contribution in [0.15, 0.2) is 41.1 Å². The topological polar surface area (TPSA) is 66.4 Å². The van der Waals surface area contributed by atoms with Gasteiger partial charge in [0.25, 0.3) is 0 Å². The van der Waals surface area contributed by atoms with E-state index in [9.17, 15) is 9.59 Å². The van der Waals surface area contributed by atoms with Crippen LogP contribution in [0.25, 0.3) is 0 Å². The summed E-state index contributed by atoms with van der Waals surface area (Å²) in [5.74, 6) is -1.11. The van der Waals surface area contributed by atoms with Gasteiger partial charge in [0, 0.05) is 6.54 Å². The number of hydrogen-bond donors (Lipinski definition) is 2. The van der Waals surface area contributed by atoms with Gasteiger partial charge in [-0.3, -0.25) is 4.79 Å². The van der Waals surface area contributed by atoms with Crippen molar-refractivity contribution in [3.8, 4) is 0 Å². The molecule has 0 spiro atoms. The first-order valence-electron chi connectivity index (χ1n) is 6.70. The van der Waals surface area contributed by atoms with Crippen LogP contribution in [0.1, 0.15) is 34.3 Å². The molecular weight excluding hydrogens is 286 g/mol. The van der Waals surface area contributed by atoms with Crippen LogP contribution in [-0.4, -0.2) is 23.5 Å². The number of amides is 1. The maximum atomic E-state index is 12.0. The molecule has 5 heteroatoms. The Morgan fingerprint density at radius 1 is 1.33 bits per heavy atom. The highest BCUT2D eigenvalue weighted by Gasteiger charge is 2.14. The number of aromatic carboxylic acids is 1. The molecule has 21 heavy (non-hydrogen) atoms. The van der Waals surface area contributed by atoms with Crippen molar-refractivity contribution in [2.45, 2.75) is 19.3 Å². The number of hydrogen-bond acceptors (Lipinski definition) is 3. The highest BCUT2D eigenvalue weighted by Crippen LogP contribution is 2.18. The third kappa shape index (κ3) is 4.16. The van der Waals surface area contributed by atoms with E-state index in [0.717, 1.165) is 11.1 Å². The van der Waals surface area contributed by atoms with Crippen molar-refractivity contribution >= 4 is 23.2 Å². The van der Waals surface area contributed by atoms with Gasteiger partial charge in [0.05, 0.1) is 11.5 Å². The molecule has 1 aromatic heterocycles. The zero-order chi connectivity index (χ0) is 15.2. The molecular formula is C16H17NO3S. The van der Waals surface area contributed by atoms with Crippen LogP contribution in [0, 0.1) is 0 Å². The van der Waals surface area contributed by atoms with Crippen molar-refractivity contribution in [3.63, 3.8) is 0 Å². The lowest BCUT2D eigenvalue weighted by Crippen LogP contribution is -2.29. The molecule has 0 saturated carbocycles. The van der Waals surface area contributed by atoms with Crippen LogP contribution < -0.4 is 5.32 Å². The zero-order valence-corrected chi connectivity index (χ0v) is 12.5. The quantitative estimate of drug-likeness (QED) is 0.862. The first-order valence-corrected chi connectivity index (χ1v) is 7.64. The average molecular weight is 303 g/mol. The molecule has 2 rings (SSSR count). The second kappa shape index (κ2) is 7.04. The minimum atomic E-state index is -0.938. The van der Waals surface area contributed by atoms with Crippen molar-refractivity contribution < 1.29 is 14.7 Å². The molecule has 0 aliphatic carbocycles. The lowest BCUT2D eigenvalue weighted by molar-refractivity contribution is -0.122. The largest absolute Gasteiger partial charge is 0.478 e. The molecule has 4 nitrogen and oxygen atoms in total. The Balaban J connectivity index is 1.85. The molecule has 1 unspecified atom stereocenters. The van der Waals surface area contributed by atoms with E-state index >= 15 is 0 Å². The number of carbonyl (C=O) groups excluding carboxylic acids is 1. The molecule has 2 N–H and O–H groups in total. The van der Waals surface area contributed by atoms with E-state index in [4.69, 9.17) is 5.11 Å². The van der Waals surface area contributed by atoms with Crippen molar-refractivity contribution in [1.82, 2.24) is 5.32 Å². The van der Waals surface area contributed by atoms with Gasteiger partial charge in [0.15, 0.2) is 0 Å². The third-order valence-electron chi connectivity index (χ3n) is 3.32. The van der Waals surface area contributed by atoms with E-state index in [1.807, 2.05) is 29.8 Å². The third-order valence-corrected chi connectivity index (χ3v) is 4.02. The summed E-state index contributed by atoms with van der Waals surface area (Å²) in [6, 6.07) is 8.72. The van der Waals surface area contributed by atoms with Gasteiger partial charge in [-0.15, -0.1) is 0 Å².